The maximum Gasteiger partial charge on any atom is 0.126 e. The molecule has 0 spiro atoms. The van der Waals surface area contributed by atoms with Gasteiger partial charge in [-0.2, -0.15) is 0 Å². The van der Waals surface area contributed by atoms with Gasteiger partial charge in [0.15, 0.2) is 0 Å². The van der Waals surface area contributed by atoms with Gasteiger partial charge in [0.05, 0.1) is 0 Å². The molecule has 21 heavy (non-hydrogen) atoms. The quantitative estimate of drug-likeness (QED) is 0.824. The largest absolute Gasteiger partial charge is 0.313 e. The van der Waals surface area contributed by atoms with E-state index in [0.717, 1.165) is 24.8 Å². The summed E-state index contributed by atoms with van der Waals surface area (Å²) < 4.78 is 27.3. The van der Waals surface area contributed by atoms with Crippen molar-refractivity contribution >= 4 is 0 Å². The van der Waals surface area contributed by atoms with Crippen molar-refractivity contribution in [1.29, 1.82) is 0 Å². The summed E-state index contributed by atoms with van der Waals surface area (Å²) >= 11 is 0. The molecule has 3 rings (SSSR count). The van der Waals surface area contributed by atoms with E-state index in [1.165, 1.54) is 43.9 Å². The van der Waals surface area contributed by atoms with E-state index in [0.29, 0.717) is 17.9 Å². The van der Waals surface area contributed by atoms with E-state index < -0.39 is 0 Å². The average molecular weight is 293 g/mol. The monoisotopic (exact) mass is 293 g/mol. The maximum atomic E-state index is 13.9. The molecular weight excluding hydrogens is 268 g/mol. The van der Waals surface area contributed by atoms with Crippen LogP contribution in [0.1, 0.15) is 44.6 Å². The molecule has 2 aliphatic rings. The second-order valence-corrected chi connectivity index (χ2v) is 6.84. The van der Waals surface area contributed by atoms with Crippen LogP contribution < -0.4 is 5.32 Å². The Kier molecular flexibility index (Phi) is 4.58. The summed E-state index contributed by atoms with van der Waals surface area (Å²) in [6.07, 6.45) is 6.99. The minimum Gasteiger partial charge on any atom is -0.313 e. The second kappa shape index (κ2) is 6.43. The van der Waals surface area contributed by atoms with Crippen LogP contribution in [0.3, 0.4) is 0 Å². The molecule has 2 aliphatic carbocycles. The first kappa shape index (κ1) is 15.0. The molecule has 0 amide bonds. The Balaban J connectivity index is 1.74. The van der Waals surface area contributed by atoms with Gasteiger partial charge in [-0.15, -0.1) is 0 Å². The molecule has 2 fully saturated rings. The van der Waals surface area contributed by atoms with Gasteiger partial charge in [-0.05, 0) is 80.2 Å². The molecule has 1 aromatic carbocycles. The van der Waals surface area contributed by atoms with Gasteiger partial charge in [-0.25, -0.2) is 8.78 Å². The molecule has 0 heterocycles. The van der Waals surface area contributed by atoms with Gasteiger partial charge in [0.2, 0.25) is 0 Å². The van der Waals surface area contributed by atoms with Crippen LogP contribution >= 0.6 is 0 Å². The normalized spacial score (nSPS) is 29.0. The van der Waals surface area contributed by atoms with Crippen molar-refractivity contribution in [3.8, 4) is 0 Å². The fourth-order valence-corrected chi connectivity index (χ4v) is 4.43. The fraction of sp³-hybridized carbons (Fsp3) is 0.667. The van der Waals surface area contributed by atoms with Crippen molar-refractivity contribution in [3.63, 3.8) is 0 Å². The van der Waals surface area contributed by atoms with Crippen molar-refractivity contribution in [2.45, 2.75) is 51.5 Å². The number of rotatable bonds is 6. The first-order chi connectivity index (χ1) is 10.2. The lowest BCUT2D eigenvalue weighted by Crippen LogP contribution is -2.41. The lowest BCUT2D eigenvalue weighted by molar-refractivity contribution is 0.245. The van der Waals surface area contributed by atoms with Gasteiger partial charge in [0.25, 0.3) is 0 Å². The van der Waals surface area contributed by atoms with E-state index in [9.17, 15) is 8.78 Å². The van der Waals surface area contributed by atoms with Gasteiger partial charge >= 0.3 is 0 Å². The smallest absolute Gasteiger partial charge is 0.126 e. The van der Waals surface area contributed by atoms with Crippen molar-refractivity contribution in [3.05, 3.63) is 35.4 Å². The van der Waals surface area contributed by atoms with E-state index >= 15 is 0 Å². The Morgan fingerprint density at radius 1 is 1.24 bits per heavy atom. The molecule has 2 bridgehead atoms. The van der Waals surface area contributed by atoms with Crippen LogP contribution in [0.15, 0.2) is 18.2 Å². The third-order valence-electron chi connectivity index (χ3n) is 5.41. The van der Waals surface area contributed by atoms with Crippen LogP contribution in [0.2, 0.25) is 0 Å². The van der Waals surface area contributed by atoms with Crippen LogP contribution in [0.25, 0.3) is 0 Å². The molecule has 4 atom stereocenters. The highest BCUT2D eigenvalue weighted by Gasteiger charge is 2.42. The van der Waals surface area contributed by atoms with Gasteiger partial charge in [-0.3, -0.25) is 0 Å². The summed E-state index contributed by atoms with van der Waals surface area (Å²) in [4.78, 5) is 0. The Labute approximate surface area is 126 Å². The minimum atomic E-state index is -0.339. The summed E-state index contributed by atoms with van der Waals surface area (Å²) in [7, 11) is 0. The number of hydrogen-bond acceptors (Lipinski definition) is 1. The molecule has 0 aromatic heterocycles. The zero-order chi connectivity index (χ0) is 14.8. The lowest BCUT2D eigenvalue weighted by Gasteiger charge is -2.31. The van der Waals surface area contributed by atoms with Gasteiger partial charge < -0.3 is 5.32 Å². The number of nitrogens with one attached hydrogen (secondary N) is 1. The first-order valence-electron chi connectivity index (χ1n) is 8.34. The van der Waals surface area contributed by atoms with Crippen molar-refractivity contribution in [2.24, 2.45) is 17.8 Å². The highest BCUT2D eigenvalue weighted by Crippen LogP contribution is 2.50. The summed E-state index contributed by atoms with van der Waals surface area (Å²) in [5, 5.41) is 3.60. The molecule has 3 heteroatoms. The Hall–Kier alpha value is -0.960. The summed E-state index contributed by atoms with van der Waals surface area (Å²) in [5.41, 5.74) is 0.520. The number of halogens is 2. The third kappa shape index (κ3) is 3.28. The fourth-order valence-electron chi connectivity index (χ4n) is 4.43. The molecule has 2 saturated carbocycles. The third-order valence-corrected chi connectivity index (χ3v) is 5.41. The van der Waals surface area contributed by atoms with E-state index in [2.05, 4.69) is 12.2 Å². The van der Waals surface area contributed by atoms with Crippen molar-refractivity contribution in [1.82, 2.24) is 5.32 Å². The molecule has 0 saturated heterocycles. The van der Waals surface area contributed by atoms with Gasteiger partial charge in [-0.1, -0.05) is 13.3 Å². The van der Waals surface area contributed by atoms with Crippen LogP contribution in [0, 0.1) is 29.4 Å². The predicted octanol–water partition coefficient (Wildman–Crippen LogP) is 4.31. The highest BCUT2D eigenvalue weighted by molar-refractivity contribution is 5.20. The van der Waals surface area contributed by atoms with Crippen LogP contribution in [0.5, 0.6) is 0 Å². The summed E-state index contributed by atoms with van der Waals surface area (Å²) in [5.74, 6) is 1.69. The predicted molar refractivity (Wildman–Crippen MR) is 81.1 cm³/mol. The number of benzene rings is 1. The summed E-state index contributed by atoms with van der Waals surface area (Å²) in [6, 6.07) is 4.10. The van der Waals surface area contributed by atoms with E-state index in [4.69, 9.17) is 0 Å². The molecule has 0 radical (unpaired) electrons. The molecule has 0 aliphatic heterocycles. The molecule has 116 valence electrons. The van der Waals surface area contributed by atoms with Crippen LogP contribution in [-0.4, -0.2) is 12.6 Å². The average Bonchev–Trinajstić information content (AvgIpc) is 3.09. The minimum absolute atomic E-state index is 0.275. The topological polar surface area (TPSA) is 12.0 Å². The van der Waals surface area contributed by atoms with Gasteiger partial charge in [0, 0.05) is 6.04 Å². The molecule has 1 aromatic rings. The zero-order valence-electron chi connectivity index (χ0n) is 12.7. The van der Waals surface area contributed by atoms with Crippen molar-refractivity contribution in [2.75, 3.05) is 6.54 Å². The Bertz CT molecular complexity index is 488. The molecule has 1 nitrogen and oxygen atoms in total. The highest BCUT2D eigenvalue weighted by atomic mass is 19.1. The van der Waals surface area contributed by atoms with E-state index in [1.807, 2.05) is 0 Å². The Morgan fingerprint density at radius 3 is 2.76 bits per heavy atom. The lowest BCUT2D eigenvalue weighted by atomic mass is 9.81. The van der Waals surface area contributed by atoms with E-state index in [-0.39, 0.29) is 17.7 Å². The standard InChI is InChI=1S/C18H25F2N/c1-2-7-21-18(16-9-12-3-4-13(16)8-12)11-14-10-15(19)5-6-17(14)20/h5-6,10,12-13,16,18,21H,2-4,7-9,11H2,1H3. The van der Waals surface area contributed by atoms with Crippen molar-refractivity contribution < 1.29 is 8.78 Å². The first-order valence-corrected chi connectivity index (χ1v) is 8.34. The number of fused-ring (bicyclic) bond motifs is 2. The van der Waals surface area contributed by atoms with Gasteiger partial charge in [0.1, 0.15) is 11.6 Å². The Morgan fingerprint density at radius 2 is 2.10 bits per heavy atom. The summed E-state index contributed by atoms with van der Waals surface area (Å²) in [6.45, 7) is 3.10. The number of hydrogen-bond donors (Lipinski definition) is 1. The molecule has 4 unspecified atom stereocenters. The zero-order valence-corrected chi connectivity index (χ0v) is 12.7. The van der Waals surface area contributed by atoms with E-state index in [1.54, 1.807) is 0 Å². The molecule has 1 N–H and O–H groups in total. The molecular formula is C18H25F2N. The maximum absolute atomic E-state index is 13.9. The second-order valence-electron chi connectivity index (χ2n) is 6.84. The van der Waals surface area contributed by atoms with Crippen LogP contribution in [0.4, 0.5) is 8.78 Å². The SMILES string of the molecule is CCCNC(Cc1cc(F)ccc1F)C1CC2CCC1C2. The van der Waals surface area contributed by atoms with Crippen LogP contribution in [-0.2, 0) is 6.42 Å².